The number of nitrogens with zero attached hydrogens (tertiary/aromatic N) is 2. The molecule has 1 aromatic carbocycles. The van der Waals surface area contributed by atoms with Gasteiger partial charge in [0.1, 0.15) is 5.15 Å². The highest BCUT2D eigenvalue weighted by Gasteiger charge is 2.03. The summed E-state index contributed by atoms with van der Waals surface area (Å²) < 4.78 is 8.88. The predicted molar refractivity (Wildman–Crippen MR) is 102 cm³/mol. The molecule has 0 radical (unpaired) electrons. The number of halogens is 1. The lowest BCUT2D eigenvalue weighted by atomic mass is 10.2. The Balaban J connectivity index is 0.000000550. The fourth-order valence-corrected chi connectivity index (χ4v) is 2.50. The number of hydrogen-bond acceptors (Lipinski definition) is 4. The van der Waals surface area contributed by atoms with Crippen molar-refractivity contribution in [2.75, 3.05) is 31.5 Å². The van der Waals surface area contributed by atoms with E-state index in [1.165, 1.54) is 0 Å². The summed E-state index contributed by atoms with van der Waals surface area (Å²) in [5.41, 5.74) is 2.07. The van der Waals surface area contributed by atoms with Gasteiger partial charge >= 0.3 is 7.82 Å². The Bertz CT molecular complexity index is 699. The molecule has 0 spiro atoms. The molecule has 1 heterocycles. The number of nitrogens with one attached hydrogen (secondary N) is 1. The van der Waals surface area contributed by atoms with Gasteiger partial charge in [0.05, 0.1) is 5.52 Å². The smallest absolute Gasteiger partial charge is 0.384 e. The molecule has 1 aromatic heterocycles. The standard InChI is InChI=1S/C16H22ClN3.H3O4P/c1-3-20(4-2)12-6-11-18-14-7-5-8-15-13(14)9-10-16(17)19-15;1-5(2,3)4/h5,7-10,18H,3-4,6,11-12H2,1-2H3;(H3,1,2,3,4). The van der Waals surface area contributed by atoms with Crippen molar-refractivity contribution in [3.05, 3.63) is 35.5 Å². The molecule has 4 N–H and O–H groups in total. The lowest BCUT2D eigenvalue weighted by molar-refractivity contribution is 0.275. The minimum absolute atomic E-state index is 0.538. The van der Waals surface area contributed by atoms with Crippen LogP contribution in [0.4, 0.5) is 5.69 Å². The monoisotopic (exact) mass is 389 g/mol. The van der Waals surface area contributed by atoms with Gasteiger partial charge in [0.25, 0.3) is 0 Å². The van der Waals surface area contributed by atoms with Gasteiger partial charge in [-0.15, -0.1) is 0 Å². The Hall–Kier alpha value is -1.21. The first kappa shape index (κ1) is 21.8. The van der Waals surface area contributed by atoms with E-state index in [0.29, 0.717) is 5.15 Å². The van der Waals surface area contributed by atoms with Gasteiger partial charge < -0.3 is 24.9 Å². The molecule has 2 rings (SSSR count). The molecule has 25 heavy (non-hydrogen) atoms. The minimum Gasteiger partial charge on any atom is -0.384 e. The second kappa shape index (κ2) is 10.7. The first-order valence-corrected chi connectivity index (χ1v) is 9.98. The zero-order chi connectivity index (χ0) is 18.9. The summed E-state index contributed by atoms with van der Waals surface area (Å²) in [7, 11) is -4.64. The lowest BCUT2D eigenvalue weighted by Crippen LogP contribution is -2.25. The van der Waals surface area contributed by atoms with E-state index < -0.39 is 7.82 Å². The molecule has 0 amide bonds. The van der Waals surface area contributed by atoms with Crippen molar-refractivity contribution in [1.29, 1.82) is 0 Å². The van der Waals surface area contributed by atoms with Crippen molar-refractivity contribution >= 4 is 36.0 Å². The fourth-order valence-electron chi connectivity index (χ4n) is 2.35. The van der Waals surface area contributed by atoms with E-state index in [0.717, 1.165) is 49.2 Å². The first-order valence-electron chi connectivity index (χ1n) is 8.04. The Morgan fingerprint density at radius 1 is 1.16 bits per heavy atom. The molecule has 0 saturated heterocycles. The van der Waals surface area contributed by atoms with Crippen molar-refractivity contribution in [1.82, 2.24) is 9.88 Å². The topological polar surface area (TPSA) is 106 Å². The lowest BCUT2D eigenvalue weighted by Gasteiger charge is -2.18. The molecule has 0 fully saturated rings. The second-order valence-corrected chi connectivity index (χ2v) is 6.74. The highest BCUT2D eigenvalue weighted by Crippen LogP contribution is 2.26. The van der Waals surface area contributed by atoms with Crippen LogP contribution in [0.5, 0.6) is 0 Å². The van der Waals surface area contributed by atoms with E-state index in [4.69, 9.17) is 30.8 Å². The largest absolute Gasteiger partial charge is 0.466 e. The van der Waals surface area contributed by atoms with Crippen LogP contribution < -0.4 is 5.32 Å². The Morgan fingerprint density at radius 3 is 2.40 bits per heavy atom. The van der Waals surface area contributed by atoms with Gasteiger partial charge in [-0.1, -0.05) is 31.5 Å². The Kier molecular flexibility index (Phi) is 9.35. The summed E-state index contributed by atoms with van der Waals surface area (Å²) in [5.74, 6) is 0. The molecule has 7 nitrogen and oxygen atoms in total. The number of pyridine rings is 1. The quantitative estimate of drug-likeness (QED) is 0.327. The van der Waals surface area contributed by atoms with Gasteiger partial charge in [-0.2, -0.15) is 0 Å². The van der Waals surface area contributed by atoms with Gasteiger partial charge in [0.2, 0.25) is 0 Å². The fraction of sp³-hybridized carbons (Fsp3) is 0.438. The van der Waals surface area contributed by atoms with Crippen molar-refractivity contribution in [2.24, 2.45) is 0 Å². The number of hydrogen-bond donors (Lipinski definition) is 4. The molecular weight excluding hydrogens is 365 g/mol. The third-order valence-corrected chi connectivity index (χ3v) is 3.77. The van der Waals surface area contributed by atoms with Gasteiger partial charge in [-0.25, -0.2) is 9.55 Å². The summed E-state index contributed by atoms with van der Waals surface area (Å²) in [6.07, 6.45) is 1.14. The third kappa shape index (κ3) is 9.16. The van der Waals surface area contributed by atoms with Gasteiger partial charge in [0.15, 0.2) is 0 Å². The Labute approximate surface area is 152 Å². The maximum absolute atomic E-state index is 8.88. The number of rotatable bonds is 7. The van der Waals surface area contributed by atoms with Gasteiger partial charge in [-0.3, -0.25) is 0 Å². The van der Waals surface area contributed by atoms with Gasteiger partial charge in [-0.05, 0) is 50.3 Å². The number of fused-ring (bicyclic) bond motifs is 1. The SMILES string of the molecule is CCN(CC)CCCNc1cccc2nc(Cl)ccc12.O=P(O)(O)O. The molecule has 0 saturated carbocycles. The van der Waals surface area contributed by atoms with Crippen LogP contribution in [-0.4, -0.2) is 50.7 Å². The van der Waals surface area contributed by atoms with Crippen molar-refractivity contribution in [2.45, 2.75) is 20.3 Å². The number of phosphoric acid groups is 1. The van der Waals surface area contributed by atoms with E-state index in [1.54, 1.807) is 0 Å². The number of anilines is 1. The van der Waals surface area contributed by atoms with Crippen LogP contribution in [0.1, 0.15) is 20.3 Å². The van der Waals surface area contributed by atoms with E-state index in [1.807, 2.05) is 24.3 Å². The highest BCUT2D eigenvalue weighted by molar-refractivity contribution is 7.45. The molecule has 9 heteroatoms. The maximum atomic E-state index is 8.88. The van der Waals surface area contributed by atoms with Crippen molar-refractivity contribution in [3.8, 4) is 0 Å². The zero-order valence-corrected chi connectivity index (χ0v) is 16.0. The molecule has 2 aromatic rings. The van der Waals surface area contributed by atoms with Crippen LogP contribution in [0, 0.1) is 0 Å². The van der Waals surface area contributed by atoms with E-state index in [-0.39, 0.29) is 0 Å². The van der Waals surface area contributed by atoms with Crippen LogP contribution in [-0.2, 0) is 4.57 Å². The summed E-state index contributed by atoms with van der Waals surface area (Å²) in [6.45, 7) is 8.75. The average molecular weight is 390 g/mol. The van der Waals surface area contributed by atoms with Crippen LogP contribution in [0.2, 0.25) is 5.15 Å². The Morgan fingerprint density at radius 2 is 1.80 bits per heavy atom. The summed E-state index contributed by atoms with van der Waals surface area (Å²) in [5, 5.41) is 5.16. The van der Waals surface area contributed by atoms with Crippen LogP contribution >= 0.6 is 19.4 Å². The first-order chi connectivity index (χ1) is 11.7. The molecule has 0 atom stereocenters. The molecule has 0 aliphatic heterocycles. The third-order valence-electron chi connectivity index (χ3n) is 3.56. The normalized spacial score (nSPS) is 11.3. The van der Waals surface area contributed by atoms with Gasteiger partial charge in [0, 0.05) is 17.6 Å². The van der Waals surface area contributed by atoms with E-state index in [9.17, 15) is 0 Å². The zero-order valence-electron chi connectivity index (χ0n) is 14.4. The van der Waals surface area contributed by atoms with Crippen LogP contribution in [0.3, 0.4) is 0 Å². The maximum Gasteiger partial charge on any atom is 0.466 e. The number of aromatic nitrogens is 1. The molecule has 0 bridgehead atoms. The summed E-state index contributed by atoms with van der Waals surface area (Å²) in [4.78, 5) is 28.3. The van der Waals surface area contributed by atoms with Crippen LogP contribution in [0.25, 0.3) is 10.9 Å². The molecule has 0 aliphatic rings. The number of benzene rings is 1. The van der Waals surface area contributed by atoms with E-state index >= 15 is 0 Å². The summed E-state index contributed by atoms with van der Waals surface area (Å²) in [6, 6.07) is 9.96. The molecular formula is C16H25ClN3O4P. The minimum atomic E-state index is -4.64. The average Bonchev–Trinajstić information content (AvgIpc) is 2.53. The molecule has 0 aliphatic carbocycles. The second-order valence-electron chi connectivity index (χ2n) is 5.33. The van der Waals surface area contributed by atoms with Crippen molar-refractivity contribution < 1.29 is 19.2 Å². The molecule has 140 valence electrons. The summed E-state index contributed by atoms with van der Waals surface area (Å²) >= 11 is 5.93. The van der Waals surface area contributed by atoms with Crippen LogP contribution in [0.15, 0.2) is 30.3 Å². The predicted octanol–water partition coefficient (Wildman–Crippen LogP) is 3.10. The van der Waals surface area contributed by atoms with E-state index in [2.05, 4.69) is 35.1 Å². The van der Waals surface area contributed by atoms with Crippen molar-refractivity contribution in [3.63, 3.8) is 0 Å². The highest BCUT2D eigenvalue weighted by atomic mass is 35.5. The molecule has 0 unspecified atom stereocenters.